The Morgan fingerprint density at radius 3 is 2.56 bits per heavy atom. The molecule has 3 N–H and O–H groups in total. The second kappa shape index (κ2) is 5.05. The zero-order chi connectivity index (χ0) is 12.3. The van der Waals surface area contributed by atoms with Crippen LogP contribution < -0.4 is 11.1 Å². The van der Waals surface area contributed by atoms with E-state index in [9.17, 15) is 0 Å². The van der Waals surface area contributed by atoms with Gasteiger partial charge in [-0.25, -0.2) is 0 Å². The number of aromatic nitrogens is 2. The fraction of sp³-hybridized carbons (Fsp3) is 0.583. The van der Waals surface area contributed by atoms with Crippen LogP contribution >= 0.6 is 0 Å². The van der Waals surface area contributed by atoms with Crippen LogP contribution in [0.3, 0.4) is 0 Å². The second-order valence-corrected chi connectivity index (χ2v) is 4.50. The minimum atomic E-state index is 0.315. The first-order valence-corrected chi connectivity index (χ1v) is 5.67. The van der Waals surface area contributed by atoms with E-state index in [2.05, 4.69) is 37.8 Å². The molecule has 1 aromatic heterocycles. The number of hydrogen-bond acceptors (Lipinski definition) is 3. The molecule has 4 heteroatoms. The molecular formula is C12H22N4. The number of nitrogens with one attached hydrogen (secondary N) is 1. The summed E-state index contributed by atoms with van der Waals surface area (Å²) in [5, 5.41) is 7.79. The third-order valence-corrected chi connectivity index (χ3v) is 2.56. The van der Waals surface area contributed by atoms with Crippen LogP contribution in [0.5, 0.6) is 0 Å². The summed E-state index contributed by atoms with van der Waals surface area (Å²) in [6.45, 7) is 10.0. The quantitative estimate of drug-likeness (QED) is 0.753. The molecule has 0 spiro atoms. The van der Waals surface area contributed by atoms with Gasteiger partial charge in [0.05, 0.1) is 11.4 Å². The SMILES string of the molecule is C=CCC(C)Nc1c(N)c(C(C)C)nn1C. The Labute approximate surface area is 97.5 Å². The third-order valence-electron chi connectivity index (χ3n) is 2.56. The lowest BCUT2D eigenvalue weighted by molar-refractivity contribution is 0.703. The van der Waals surface area contributed by atoms with E-state index in [1.54, 1.807) is 0 Å². The fourth-order valence-electron chi connectivity index (χ4n) is 1.70. The Bertz CT molecular complexity index is 365. The van der Waals surface area contributed by atoms with Crippen molar-refractivity contribution < 1.29 is 0 Å². The lowest BCUT2D eigenvalue weighted by Crippen LogP contribution is -2.17. The molecule has 0 aromatic carbocycles. The first-order chi connectivity index (χ1) is 7.47. The topological polar surface area (TPSA) is 55.9 Å². The molecule has 0 aliphatic rings. The van der Waals surface area contributed by atoms with Gasteiger partial charge in [0, 0.05) is 13.1 Å². The van der Waals surface area contributed by atoms with Crippen molar-refractivity contribution in [2.75, 3.05) is 11.1 Å². The van der Waals surface area contributed by atoms with Crippen molar-refractivity contribution in [2.24, 2.45) is 7.05 Å². The minimum absolute atomic E-state index is 0.315. The highest BCUT2D eigenvalue weighted by Crippen LogP contribution is 2.28. The van der Waals surface area contributed by atoms with Gasteiger partial charge in [0.25, 0.3) is 0 Å². The molecule has 0 aliphatic heterocycles. The van der Waals surface area contributed by atoms with Crippen LogP contribution in [0.25, 0.3) is 0 Å². The Kier molecular flexibility index (Phi) is 3.99. The lowest BCUT2D eigenvalue weighted by Gasteiger charge is -2.13. The maximum atomic E-state index is 6.08. The van der Waals surface area contributed by atoms with Crippen molar-refractivity contribution in [3.63, 3.8) is 0 Å². The molecule has 90 valence electrons. The van der Waals surface area contributed by atoms with Gasteiger partial charge in [0.1, 0.15) is 5.82 Å². The van der Waals surface area contributed by atoms with Crippen molar-refractivity contribution in [3.8, 4) is 0 Å². The number of nitrogens with zero attached hydrogens (tertiary/aromatic N) is 2. The molecule has 4 nitrogen and oxygen atoms in total. The number of rotatable bonds is 5. The van der Waals surface area contributed by atoms with E-state index in [1.807, 2.05) is 17.8 Å². The molecule has 0 aliphatic carbocycles. The van der Waals surface area contributed by atoms with Gasteiger partial charge < -0.3 is 11.1 Å². The van der Waals surface area contributed by atoms with Crippen LogP contribution in [0.4, 0.5) is 11.5 Å². The van der Waals surface area contributed by atoms with Crippen LogP contribution in [-0.4, -0.2) is 15.8 Å². The highest BCUT2D eigenvalue weighted by Gasteiger charge is 2.16. The maximum Gasteiger partial charge on any atom is 0.148 e. The van der Waals surface area contributed by atoms with Crippen molar-refractivity contribution in [2.45, 2.75) is 39.2 Å². The molecule has 1 aromatic rings. The molecule has 1 unspecified atom stereocenters. The number of nitrogen functional groups attached to an aromatic ring is 1. The molecule has 1 heterocycles. The van der Waals surface area contributed by atoms with E-state index in [1.165, 1.54) is 0 Å². The molecule has 1 rings (SSSR count). The summed E-state index contributed by atoms with van der Waals surface area (Å²) >= 11 is 0. The van der Waals surface area contributed by atoms with Crippen LogP contribution in [-0.2, 0) is 7.05 Å². The van der Waals surface area contributed by atoms with Crippen LogP contribution in [0, 0.1) is 0 Å². The number of hydrogen-bond donors (Lipinski definition) is 2. The first-order valence-electron chi connectivity index (χ1n) is 5.67. The number of nitrogens with two attached hydrogens (primary N) is 1. The van der Waals surface area contributed by atoms with Gasteiger partial charge >= 0.3 is 0 Å². The molecule has 1 atom stereocenters. The molecule has 0 bridgehead atoms. The predicted octanol–water partition coefficient (Wildman–Crippen LogP) is 2.50. The fourth-order valence-corrected chi connectivity index (χ4v) is 1.70. The lowest BCUT2D eigenvalue weighted by atomic mass is 10.1. The van der Waals surface area contributed by atoms with Crippen molar-refractivity contribution >= 4 is 11.5 Å². The molecule has 0 amide bonds. The van der Waals surface area contributed by atoms with E-state index in [-0.39, 0.29) is 0 Å². The Morgan fingerprint density at radius 2 is 2.12 bits per heavy atom. The highest BCUT2D eigenvalue weighted by molar-refractivity contribution is 5.66. The standard InChI is InChI=1S/C12H22N4/c1-6-7-9(4)14-12-10(13)11(8(2)3)15-16(12)5/h6,8-9,14H,1,7,13H2,2-5H3. The normalized spacial score (nSPS) is 12.8. The zero-order valence-corrected chi connectivity index (χ0v) is 10.6. The van der Waals surface area contributed by atoms with E-state index < -0.39 is 0 Å². The monoisotopic (exact) mass is 222 g/mol. The summed E-state index contributed by atoms with van der Waals surface area (Å²) in [5.74, 6) is 1.24. The molecule has 0 radical (unpaired) electrons. The van der Waals surface area contributed by atoms with E-state index in [0.717, 1.165) is 23.6 Å². The minimum Gasteiger partial charge on any atom is -0.394 e. The van der Waals surface area contributed by atoms with Crippen LogP contribution in [0.15, 0.2) is 12.7 Å². The summed E-state index contributed by atoms with van der Waals surface area (Å²) in [6.07, 6.45) is 2.80. The summed E-state index contributed by atoms with van der Waals surface area (Å²) in [5.41, 5.74) is 7.79. The van der Waals surface area contributed by atoms with Crippen molar-refractivity contribution in [3.05, 3.63) is 18.3 Å². The Hall–Kier alpha value is -1.45. The van der Waals surface area contributed by atoms with E-state index in [4.69, 9.17) is 5.73 Å². The van der Waals surface area contributed by atoms with Gasteiger partial charge in [0.2, 0.25) is 0 Å². The summed E-state index contributed by atoms with van der Waals surface area (Å²) in [6, 6.07) is 0.315. The van der Waals surface area contributed by atoms with Gasteiger partial charge in [-0.15, -0.1) is 6.58 Å². The molecular weight excluding hydrogens is 200 g/mol. The smallest absolute Gasteiger partial charge is 0.148 e. The summed E-state index contributed by atoms with van der Waals surface area (Å²) < 4.78 is 1.81. The third kappa shape index (κ3) is 2.56. The van der Waals surface area contributed by atoms with Gasteiger partial charge in [-0.2, -0.15) is 5.10 Å². The largest absolute Gasteiger partial charge is 0.394 e. The zero-order valence-electron chi connectivity index (χ0n) is 10.6. The second-order valence-electron chi connectivity index (χ2n) is 4.50. The number of anilines is 2. The molecule has 0 fully saturated rings. The van der Waals surface area contributed by atoms with Gasteiger partial charge in [-0.05, 0) is 19.3 Å². The van der Waals surface area contributed by atoms with Crippen molar-refractivity contribution in [1.82, 2.24) is 9.78 Å². The van der Waals surface area contributed by atoms with Crippen molar-refractivity contribution in [1.29, 1.82) is 0 Å². The first kappa shape index (κ1) is 12.6. The van der Waals surface area contributed by atoms with Crippen LogP contribution in [0.2, 0.25) is 0 Å². The van der Waals surface area contributed by atoms with Gasteiger partial charge in [-0.1, -0.05) is 19.9 Å². The maximum absolute atomic E-state index is 6.08. The molecule has 0 saturated heterocycles. The summed E-state index contributed by atoms with van der Waals surface area (Å²) in [4.78, 5) is 0. The Morgan fingerprint density at radius 1 is 1.50 bits per heavy atom. The highest BCUT2D eigenvalue weighted by atomic mass is 15.3. The average Bonchev–Trinajstić information content (AvgIpc) is 2.46. The molecule has 0 saturated carbocycles. The van der Waals surface area contributed by atoms with Gasteiger partial charge in [-0.3, -0.25) is 4.68 Å². The molecule has 16 heavy (non-hydrogen) atoms. The predicted molar refractivity (Wildman–Crippen MR) is 69.6 cm³/mol. The Balaban J connectivity index is 2.91. The number of aryl methyl sites for hydroxylation is 1. The average molecular weight is 222 g/mol. The van der Waals surface area contributed by atoms with E-state index >= 15 is 0 Å². The summed E-state index contributed by atoms with van der Waals surface area (Å²) in [7, 11) is 1.91. The van der Waals surface area contributed by atoms with Gasteiger partial charge in [0.15, 0.2) is 0 Å². The van der Waals surface area contributed by atoms with Crippen LogP contribution in [0.1, 0.15) is 38.8 Å². The van der Waals surface area contributed by atoms with E-state index in [0.29, 0.717) is 12.0 Å².